The summed E-state index contributed by atoms with van der Waals surface area (Å²) >= 11 is 0. The fourth-order valence-electron chi connectivity index (χ4n) is 2.50. The van der Waals surface area contributed by atoms with Gasteiger partial charge in [-0.25, -0.2) is 21.6 Å². The van der Waals surface area contributed by atoms with Gasteiger partial charge in [-0.15, -0.1) is 0 Å². The van der Waals surface area contributed by atoms with Gasteiger partial charge >= 0.3 is 0 Å². The van der Waals surface area contributed by atoms with E-state index in [1.54, 1.807) is 6.92 Å². The molecule has 21 heavy (non-hydrogen) atoms. The molecular formula is C13H20N2O4S2. The molecule has 0 saturated carbocycles. The predicted octanol–water partition coefficient (Wildman–Crippen LogP) is 0.347. The summed E-state index contributed by atoms with van der Waals surface area (Å²) < 4.78 is 51.3. The molecule has 1 unspecified atom stereocenters. The van der Waals surface area contributed by atoms with E-state index in [0.29, 0.717) is 12.1 Å². The maximum absolute atomic E-state index is 12.5. The first-order valence-corrected chi connectivity index (χ1v) is 10.0. The van der Waals surface area contributed by atoms with Gasteiger partial charge in [0, 0.05) is 18.8 Å². The van der Waals surface area contributed by atoms with E-state index < -0.39 is 19.9 Å². The van der Waals surface area contributed by atoms with Crippen LogP contribution in [0.4, 0.5) is 0 Å². The number of hydrogen-bond donors (Lipinski definition) is 2. The Morgan fingerprint density at radius 1 is 1.14 bits per heavy atom. The molecule has 0 radical (unpaired) electrons. The van der Waals surface area contributed by atoms with Crippen LogP contribution in [0.3, 0.4) is 0 Å². The Balaban J connectivity index is 2.50. The normalized spacial score (nSPS) is 19.9. The lowest BCUT2D eigenvalue weighted by molar-refractivity contribution is 0.559. The van der Waals surface area contributed by atoms with Crippen molar-refractivity contribution in [2.75, 3.05) is 19.3 Å². The molecule has 2 rings (SSSR count). The maximum atomic E-state index is 12.5. The van der Waals surface area contributed by atoms with Gasteiger partial charge in [0.1, 0.15) is 0 Å². The molecule has 1 aromatic carbocycles. The molecule has 8 heteroatoms. The second-order valence-electron chi connectivity index (χ2n) is 5.47. The SMILES string of the molecule is Cc1cc(S(C)(=O)=O)c(C)c(S(=O)(=O)NC2CCNC2)c1. The van der Waals surface area contributed by atoms with Crippen LogP contribution in [0.2, 0.25) is 0 Å². The summed E-state index contributed by atoms with van der Waals surface area (Å²) in [5, 5.41) is 3.09. The van der Waals surface area contributed by atoms with E-state index in [2.05, 4.69) is 10.0 Å². The first kappa shape index (κ1) is 16.4. The first-order chi connectivity index (χ1) is 9.61. The Morgan fingerprint density at radius 3 is 2.29 bits per heavy atom. The lowest BCUT2D eigenvalue weighted by atomic mass is 10.2. The quantitative estimate of drug-likeness (QED) is 0.830. The smallest absolute Gasteiger partial charge is 0.241 e. The van der Waals surface area contributed by atoms with E-state index in [1.807, 2.05) is 0 Å². The zero-order chi connectivity index (χ0) is 15.8. The van der Waals surface area contributed by atoms with Crippen LogP contribution in [0.5, 0.6) is 0 Å². The van der Waals surface area contributed by atoms with Gasteiger partial charge < -0.3 is 5.32 Å². The van der Waals surface area contributed by atoms with E-state index in [4.69, 9.17) is 0 Å². The van der Waals surface area contributed by atoms with Crippen molar-refractivity contribution in [3.63, 3.8) is 0 Å². The van der Waals surface area contributed by atoms with Gasteiger partial charge in [0.05, 0.1) is 9.79 Å². The van der Waals surface area contributed by atoms with Gasteiger partial charge in [0.15, 0.2) is 9.84 Å². The summed E-state index contributed by atoms with van der Waals surface area (Å²) in [6.07, 6.45) is 1.81. The third-order valence-electron chi connectivity index (χ3n) is 3.53. The molecule has 1 atom stereocenters. The highest BCUT2D eigenvalue weighted by Gasteiger charge is 2.26. The number of sulfone groups is 1. The summed E-state index contributed by atoms with van der Waals surface area (Å²) in [4.78, 5) is 0.0993. The maximum Gasteiger partial charge on any atom is 0.241 e. The molecule has 0 amide bonds. The minimum Gasteiger partial charge on any atom is -0.315 e. The molecule has 0 spiro atoms. The molecule has 0 aliphatic carbocycles. The highest BCUT2D eigenvalue weighted by molar-refractivity contribution is 7.91. The van der Waals surface area contributed by atoms with E-state index in [0.717, 1.165) is 19.2 Å². The summed E-state index contributed by atoms with van der Waals surface area (Å²) in [5.74, 6) is 0. The Hall–Kier alpha value is -0.960. The van der Waals surface area contributed by atoms with Crippen LogP contribution in [0.1, 0.15) is 17.5 Å². The van der Waals surface area contributed by atoms with Gasteiger partial charge in [-0.1, -0.05) is 0 Å². The van der Waals surface area contributed by atoms with Crippen LogP contribution < -0.4 is 10.0 Å². The number of aryl methyl sites for hydroxylation is 1. The van der Waals surface area contributed by atoms with E-state index >= 15 is 0 Å². The summed E-state index contributed by atoms with van der Waals surface area (Å²) in [7, 11) is -7.20. The standard InChI is InChI=1S/C13H20N2O4S2/c1-9-6-12(20(3,16)17)10(2)13(7-9)21(18,19)15-11-4-5-14-8-11/h6-7,11,14-15H,4-5,8H2,1-3H3. The Kier molecular flexibility index (Phi) is 4.44. The number of sulfonamides is 1. The summed E-state index contributed by atoms with van der Waals surface area (Å²) in [6, 6.07) is 2.85. The molecule has 1 aliphatic rings. The minimum absolute atomic E-state index is 0.0369. The van der Waals surface area contributed by atoms with Gasteiger partial charge in [-0.3, -0.25) is 0 Å². The van der Waals surface area contributed by atoms with Gasteiger partial charge in [0.25, 0.3) is 0 Å². The molecule has 1 saturated heterocycles. The molecule has 2 N–H and O–H groups in total. The van der Waals surface area contributed by atoms with E-state index in [9.17, 15) is 16.8 Å². The summed E-state index contributed by atoms with van der Waals surface area (Å²) in [5.41, 5.74) is 0.868. The lowest BCUT2D eigenvalue weighted by Gasteiger charge is -2.16. The van der Waals surface area contributed by atoms with Gasteiger partial charge in [-0.2, -0.15) is 0 Å². The molecule has 1 fully saturated rings. The van der Waals surface area contributed by atoms with Crippen molar-refractivity contribution in [1.82, 2.24) is 10.0 Å². The second-order valence-corrected chi connectivity index (χ2v) is 9.14. The lowest BCUT2D eigenvalue weighted by Crippen LogP contribution is -2.36. The van der Waals surface area contributed by atoms with Crippen molar-refractivity contribution in [1.29, 1.82) is 0 Å². The van der Waals surface area contributed by atoms with Crippen LogP contribution in [0, 0.1) is 13.8 Å². The van der Waals surface area contributed by atoms with Crippen molar-refractivity contribution in [2.24, 2.45) is 0 Å². The van der Waals surface area contributed by atoms with Crippen LogP contribution in [-0.4, -0.2) is 42.2 Å². The zero-order valence-corrected chi connectivity index (χ0v) is 13.9. The molecule has 118 valence electrons. The molecule has 0 aromatic heterocycles. The van der Waals surface area contributed by atoms with Crippen molar-refractivity contribution in [3.8, 4) is 0 Å². The third-order valence-corrected chi connectivity index (χ3v) is 6.40. The Bertz CT molecular complexity index is 749. The van der Waals surface area contributed by atoms with E-state index in [-0.39, 0.29) is 21.4 Å². The van der Waals surface area contributed by atoms with Crippen LogP contribution in [0.25, 0.3) is 0 Å². The third kappa shape index (κ3) is 3.63. The monoisotopic (exact) mass is 332 g/mol. The predicted molar refractivity (Wildman–Crippen MR) is 80.6 cm³/mol. The van der Waals surface area contributed by atoms with Crippen LogP contribution in [-0.2, 0) is 19.9 Å². The Labute approximate surface area is 125 Å². The van der Waals surface area contributed by atoms with Gasteiger partial charge in [-0.05, 0) is 50.1 Å². The average Bonchev–Trinajstić information content (AvgIpc) is 2.82. The van der Waals surface area contributed by atoms with Crippen molar-refractivity contribution >= 4 is 19.9 Å². The van der Waals surface area contributed by atoms with E-state index in [1.165, 1.54) is 19.1 Å². The largest absolute Gasteiger partial charge is 0.315 e. The fraction of sp³-hybridized carbons (Fsp3) is 0.538. The number of rotatable bonds is 4. The first-order valence-electron chi connectivity index (χ1n) is 6.65. The fourth-order valence-corrected chi connectivity index (χ4v) is 5.25. The number of benzene rings is 1. The van der Waals surface area contributed by atoms with Crippen molar-refractivity contribution in [3.05, 3.63) is 23.3 Å². The van der Waals surface area contributed by atoms with Crippen molar-refractivity contribution < 1.29 is 16.8 Å². The highest BCUT2D eigenvalue weighted by Crippen LogP contribution is 2.25. The minimum atomic E-state index is -3.73. The topological polar surface area (TPSA) is 92.3 Å². The molecule has 1 aromatic rings. The van der Waals surface area contributed by atoms with Crippen LogP contribution in [0.15, 0.2) is 21.9 Å². The molecule has 0 bridgehead atoms. The van der Waals surface area contributed by atoms with Crippen LogP contribution >= 0.6 is 0 Å². The number of hydrogen-bond acceptors (Lipinski definition) is 5. The molecule has 1 aliphatic heterocycles. The Morgan fingerprint density at radius 2 is 1.76 bits per heavy atom. The second kappa shape index (κ2) is 5.68. The highest BCUT2D eigenvalue weighted by atomic mass is 32.2. The molecule has 1 heterocycles. The average molecular weight is 332 g/mol. The summed E-state index contributed by atoms with van der Waals surface area (Å²) in [6.45, 7) is 4.57. The van der Waals surface area contributed by atoms with Gasteiger partial charge in [0.2, 0.25) is 10.0 Å². The zero-order valence-electron chi connectivity index (χ0n) is 12.3. The number of nitrogens with one attached hydrogen (secondary N) is 2. The molecular weight excluding hydrogens is 312 g/mol. The van der Waals surface area contributed by atoms with Crippen molar-refractivity contribution in [2.45, 2.75) is 36.1 Å². The molecule has 6 nitrogen and oxygen atoms in total.